The third-order valence-electron chi connectivity index (χ3n) is 7.91. The number of amides is 3. The van der Waals surface area contributed by atoms with Crippen LogP contribution < -0.4 is 34.9 Å². The molecular weight excluding hydrogens is 584 g/mol. The molecule has 1 aliphatic heterocycles. The topological polar surface area (TPSA) is 110 Å². The lowest BCUT2D eigenvalue weighted by molar-refractivity contribution is 0.0971. The summed E-state index contributed by atoms with van der Waals surface area (Å²) in [5, 5.41) is 8.59. The molecule has 1 fully saturated rings. The number of likely N-dealkylation sites (tertiary alicyclic amines) is 1. The molecule has 10 nitrogen and oxygen atoms in total. The first kappa shape index (κ1) is 34.4. The third-order valence-corrected chi connectivity index (χ3v) is 7.91. The van der Waals surface area contributed by atoms with Crippen LogP contribution in [0, 0.1) is 0 Å². The molecule has 3 amide bonds. The number of benzene rings is 3. The lowest BCUT2D eigenvalue weighted by Gasteiger charge is -2.32. The highest BCUT2D eigenvalue weighted by Crippen LogP contribution is 2.35. The molecule has 10 heteroatoms. The van der Waals surface area contributed by atoms with Crippen LogP contribution in [0.5, 0.6) is 28.7 Å². The molecule has 0 saturated carbocycles. The Morgan fingerprint density at radius 2 is 1.43 bits per heavy atom. The first-order valence-corrected chi connectivity index (χ1v) is 16.3. The highest BCUT2D eigenvalue weighted by molar-refractivity contribution is 6.04. The molecule has 0 bridgehead atoms. The van der Waals surface area contributed by atoms with Gasteiger partial charge in [0.05, 0.1) is 14.2 Å². The number of unbranched alkanes of at least 4 members (excludes halogenated alkanes) is 3. The summed E-state index contributed by atoms with van der Waals surface area (Å²) in [5.41, 5.74) is 1.67. The van der Waals surface area contributed by atoms with E-state index in [2.05, 4.69) is 34.7 Å². The molecule has 46 heavy (non-hydrogen) atoms. The van der Waals surface area contributed by atoms with E-state index in [1.54, 1.807) is 68.8 Å². The lowest BCUT2D eigenvalue weighted by atomic mass is 10.1. The zero-order valence-corrected chi connectivity index (χ0v) is 27.5. The summed E-state index contributed by atoms with van der Waals surface area (Å²) < 4.78 is 23.4. The van der Waals surface area contributed by atoms with Crippen LogP contribution in [-0.4, -0.2) is 63.3 Å². The largest absolute Gasteiger partial charge is 0.493 e. The Balaban J connectivity index is 1.30. The van der Waals surface area contributed by atoms with Crippen molar-refractivity contribution in [3.8, 4) is 28.7 Å². The Labute approximate surface area is 272 Å². The second-order valence-electron chi connectivity index (χ2n) is 11.4. The zero-order valence-electron chi connectivity index (χ0n) is 27.5. The number of ether oxygens (including phenoxy) is 4. The molecule has 0 aromatic heterocycles. The van der Waals surface area contributed by atoms with Gasteiger partial charge >= 0.3 is 6.03 Å². The fraction of sp³-hybridized carbons (Fsp3) is 0.444. The highest BCUT2D eigenvalue weighted by Gasteiger charge is 2.22. The van der Waals surface area contributed by atoms with E-state index in [-0.39, 0.29) is 18.0 Å². The molecule has 3 aromatic carbocycles. The van der Waals surface area contributed by atoms with Gasteiger partial charge in [-0.05, 0) is 86.8 Å². The summed E-state index contributed by atoms with van der Waals surface area (Å²) >= 11 is 0. The zero-order chi connectivity index (χ0) is 32.7. The normalized spacial score (nSPS) is 13.5. The van der Waals surface area contributed by atoms with Gasteiger partial charge in [0.2, 0.25) is 0 Å². The monoisotopic (exact) mass is 632 g/mol. The maximum atomic E-state index is 13.1. The summed E-state index contributed by atoms with van der Waals surface area (Å²) in [4.78, 5) is 27.7. The number of rotatable bonds is 16. The number of anilines is 2. The van der Waals surface area contributed by atoms with Gasteiger partial charge < -0.3 is 39.8 Å². The quantitative estimate of drug-likeness (QED) is 0.139. The van der Waals surface area contributed by atoms with E-state index in [9.17, 15) is 9.59 Å². The van der Waals surface area contributed by atoms with E-state index in [0.29, 0.717) is 52.2 Å². The highest BCUT2D eigenvalue weighted by atomic mass is 16.5. The average Bonchev–Trinajstić information content (AvgIpc) is 3.08. The van der Waals surface area contributed by atoms with E-state index < -0.39 is 0 Å². The number of piperidine rings is 1. The van der Waals surface area contributed by atoms with Gasteiger partial charge in [-0.1, -0.05) is 33.1 Å². The van der Waals surface area contributed by atoms with Gasteiger partial charge in [0.15, 0.2) is 23.0 Å². The van der Waals surface area contributed by atoms with E-state index in [1.165, 1.54) is 12.8 Å². The Morgan fingerprint density at radius 3 is 2.13 bits per heavy atom. The Hall–Kier alpha value is -4.44. The van der Waals surface area contributed by atoms with Crippen molar-refractivity contribution in [2.75, 3.05) is 51.0 Å². The van der Waals surface area contributed by atoms with Crippen LogP contribution in [0.25, 0.3) is 0 Å². The Bertz CT molecular complexity index is 1410. The number of hydrogen-bond acceptors (Lipinski definition) is 7. The molecule has 0 atom stereocenters. The van der Waals surface area contributed by atoms with Crippen LogP contribution in [0.1, 0.15) is 69.2 Å². The first-order chi connectivity index (χ1) is 22.4. The van der Waals surface area contributed by atoms with Gasteiger partial charge in [-0.2, -0.15) is 0 Å². The number of carbonyl (C=O) groups excluding carboxylic acids is 2. The van der Waals surface area contributed by atoms with E-state index in [1.807, 2.05) is 6.07 Å². The summed E-state index contributed by atoms with van der Waals surface area (Å²) in [7, 11) is 3.13. The van der Waals surface area contributed by atoms with Crippen molar-refractivity contribution in [2.24, 2.45) is 0 Å². The van der Waals surface area contributed by atoms with Crippen LogP contribution in [0.3, 0.4) is 0 Å². The molecule has 4 rings (SSSR count). The van der Waals surface area contributed by atoms with Gasteiger partial charge in [0, 0.05) is 42.6 Å². The lowest BCUT2D eigenvalue weighted by Crippen LogP contribution is -2.38. The molecule has 3 aromatic rings. The molecule has 0 spiro atoms. The maximum Gasteiger partial charge on any atom is 0.319 e. The van der Waals surface area contributed by atoms with Crippen molar-refractivity contribution in [2.45, 2.75) is 64.9 Å². The second kappa shape index (κ2) is 17.9. The number of urea groups is 1. The van der Waals surface area contributed by atoms with Crippen molar-refractivity contribution < 1.29 is 28.5 Å². The summed E-state index contributed by atoms with van der Waals surface area (Å²) in [6.07, 6.45) is 7.63. The standard InChI is InChI=1S/C36H48N4O6/c1-5-7-9-20-37-36(42)39-28-13-17-32(34(25-28)44-4)45-29-14-11-27(12-15-29)38-35(41)26-10-16-31(33(24-26)43-3)46-30-18-22-40(23-19-30)21-8-6-2/h10-17,24-25,30H,5-9,18-23H2,1-4H3,(H,38,41)(H2,37,39,42). The predicted molar refractivity (Wildman–Crippen MR) is 182 cm³/mol. The fourth-order valence-corrected chi connectivity index (χ4v) is 5.24. The fourth-order valence-electron chi connectivity index (χ4n) is 5.24. The van der Waals surface area contributed by atoms with Gasteiger partial charge in [0.25, 0.3) is 5.91 Å². The van der Waals surface area contributed by atoms with Crippen LogP contribution >= 0.6 is 0 Å². The van der Waals surface area contributed by atoms with Crippen LogP contribution in [0.2, 0.25) is 0 Å². The van der Waals surface area contributed by atoms with Crippen molar-refractivity contribution in [1.29, 1.82) is 0 Å². The number of hydrogen-bond donors (Lipinski definition) is 3. The van der Waals surface area contributed by atoms with Crippen LogP contribution in [0.15, 0.2) is 60.7 Å². The molecule has 0 radical (unpaired) electrons. The van der Waals surface area contributed by atoms with Gasteiger partial charge in [-0.3, -0.25) is 4.79 Å². The molecule has 3 N–H and O–H groups in total. The average molecular weight is 633 g/mol. The molecule has 248 valence electrons. The van der Waals surface area contributed by atoms with Gasteiger partial charge in [-0.25, -0.2) is 4.79 Å². The van der Waals surface area contributed by atoms with Gasteiger partial charge in [0.1, 0.15) is 11.9 Å². The molecule has 1 saturated heterocycles. The van der Waals surface area contributed by atoms with Crippen molar-refractivity contribution >= 4 is 23.3 Å². The first-order valence-electron chi connectivity index (χ1n) is 16.3. The predicted octanol–water partition coefficient (Wildman–Crippen LogP) is 7.70. The number of nitrogens with one attached hydrogen (secondary N) is 3. The number of methoxy groups -OCH3 is 2. The molecule has 0 unspecified atom stereocenters. The Morgan fingerprint density at radius 1 is 0.761 bits per heavy atom. The molecule has 1 aliphatic rings. The summed E-state index contributed by atoms with van der Waals surface area (Å²) in [5.74, 6) is 2.45. The molecule has 1 heterocycles. The maximum absolute atomic E-state index is 13.1. The van der Waals surface area contributed by atoms with Crippen molar-refractivity contribution in [1.82, 2.24) is 10.2 Å². The number of nitrogens with zero attached hydrogens (tertiary/aromatic N) is 1. The van der Waals surface area contributed by atoms with Crippen molar-refractivity contribution in [3.63, 3.8) is 0 Å². The minimum absolute atomic E-state index is 0.133. The summed E-state index contributed by atoms with van der Waals surface area (Å²) in [6.45, 7) is 8.19. The van der Waals surface area contributed by atoms with Crippen LogP contribution in [0.4, 0.5) is 16.2 Å². The van der Waals surface area contributed by atoms with Gasteiger partial charge in [-0.15, -0.1) is 0 Å². The van der Waals surface area contributed by atoms with Crippen molar-refractivity contribution in [3.05, 3.63) is 66.2 Å². The Kier molecular flexibility index (Phi) is 13.4. The number of carbonyl (C=O) groups is 2. The minimum atomic E-state index is -0.263. The molecular formula is C36H48N4O6. The van der Waals surface area contributed by atoms with E-state index >= 15 is 0 Å². The molecule has 0 aliphatic carbocycles. The third kappa shape index (κ3) is 10.3. The second-order valence-corrected chi connectivity index (χ2v) is 11.4. The smallest absolute Gasteiger partial charge is 0.319 e. The van der Waals surface area contributed by atoms with E-state index in [0.717, 1.165) is 51.7 Å². The van der Waals surface area contributed by atoms with E-state index in [4.69, 9.17) is 18.9 Å². The SMILES string of the molecule is CCCCCNC(=O)Nc1ccc(Oc2ccc(NC(=O)c3ccc(OC4CCN(CCCC)CC4)c(OC)c3)cc2)c(OC)c1. The summed E-state index contributed by atoms with van der Waals surface area (Å²) in [6, 6.07) is 17.2. The van der Waals surface area contributed by atoms with Crippen LogP contribution in [-0.2, 0) is 0 Å². The minimum Gasteiger partial charge on any atom is -0.493 e.